The van der Waals surface area contributed by atoms with Crippen LogP contribution in [-0.2, 0) is 16.1 Å². The summed E-state index contributed by atoms with van der Waals surface area (Å²) in [6, 6.07) is 4.28. The van der Waals surface area contributed by atoms with E-state index in [2.05, 4.69) is 12.2 Å². The number of rotatable bonds is 6. The van der Waals surface area contributed by atoms with Crippen molar-refractivity contribution in [2.45, 2.75) is 26.0 Å². The monoisotopic (exact) mass is 239 g/mol. The van der Waals surface area contributed by atoms with Gasteiger partial charge in [-0.25, -0.2) is 0 Å². The molecular formula is C13H21NO3. The van der Waals surface area contributed by atoms with Gasteiger partial charge in [-0.15, -0.1) is 0 Å². The highest BCUT2D eigenvalue weighted by atomic mass is 16.5. The zero-order valence-electron chi connectivity index (χ0n) is 10.6. The number of nitrogens with one attached hydrogen (secondary N) is 1. The number of hydrogen-bond donors (Lipinski definition) is 1. The van der Waals surface area contributed by atoms with Crippen LogP contribution in [0.3, 0.4) is 0 Å². The first-order valence-electron chi connectivity index (χ1n) is 6.23. The largest absolute Gasteiger partial charge is 0.462 e. The maximum atomic E-state index is 5.81. The average Bonchev–Trinajstić information content (AvgIpc) is 2.97. The first kappa shape index (κ1) is 12.6. The van der Waals surface area contributed by atoms with E-state index in [4.69, 9.17) is 13.9 Å². The number of methoxy groups -OCH3 is 1. The Balaban J connectivity index is 2.07. The van der Waals surface area contributed by atoms with Crippen molar-refractivity contribution in [3.8, 4) is 0 Å². The molecule has 1 aliphatic heterocycles. The molecule has 4 nitrogen and oxygen atoms in total. The summed E-state index contributed by atoms with van der Waals surface area (Å²) in [6.45, 7) is 5.25. The van der Waals surface area contributed by atoms with Gasteiger partial charge < -0.3 is 19.2 Å². The molecule has 2 heterocycles. The van der Waals surface area contributed by atoms with Gasteiger partial charge in [0, 0.05) is 19.6 Å². The molecule has 1 fully saturated rings. The Hall–Kier alpha value is -0.840. The fourth-order valence-electron chi connectivity index (χ4n) is 2.32. The molecule has 1 aromatic heterocycles. The van der Waals surface area contributed by atoms with Gasteiger partial charge in [0.25, 0.3) is 0 Å². The van der Waals surface area contributed by atoms with Gasteiger partial charge >= 0.3 is 0 Å². The molecule has 2 unspecified atom stereocenters. The molecule has 0 amide bonds. The lowest BCUT2D eigenvalue weighted by Crippen LogP contribution is -2.28. The Labute approximate surface area is 102 Å². The zero-order valence-corrected chi connectivity index (χ0v) is 10.6. The van der Waals surface area contributed by atoms with Crippen molar-refractivity contribution in [3.05, 3.63) is 23.7 Å². The van der Waals surface area contributed by atoms with Crippen LogP contribution in [0.2, 0.25) is 0 Å². The van der Waals surface area contributed by atoms with Gasteiger partial charge in [-0.3, -0.25) is 0 Å². The van der Waals surface area contributed by atoms with E-state index in [1.54, 1.807) is 7.11 Å². The highest BCUT2D eigenvalue weighted by Gasteiger charge is 2.28. The minimum absolute atomic E-state index is 0.258. The molecule has 0 radical (unpaired) electrons. The summed E-state index contributed by atoms with van der Waals surface area (Å²) in [6.07, 6.45) is 1.10. The highest BCUT2D eigenvalue weighted by molar-refractivity contribution is 5.12. The van der Waals surface area contributed by atoms with Crippen molar-refractivity contribution in [2.24, 2.45) is 5.92 Å². The molecule has 0 bridgehead atoms. The van der Waals surface area contributed by atoms with Crippen molar-refractivity contribution < 1.29 is 13.9 Å². The lowest BCUT2D eigenvalue weighted by molar-refractivity contribution is 0.155. The lowest BCUT2D eigenvalue weighted by atomic mass is 9.97. The molecule has 1 saturated heterocycles. The molecule has 1 N–H and O–H groups in total. The predicted octanol–water partition coefficient (Wildman–Crippen LogP) is 2.11. The van der Waals surface area contributed by atoms with Gasteiger partial charge in [-0.05, 0) is 25.1 Å². The normalized spacial score (nSPS) is 21.9. The molecule has 2 rings (SSSR count). The summed E-state index contributed by atoms with van der Waals surface area (Å²) in [4.78, 5) is 0. The molecule has 0 aliphatic carbocycles. The average molecular weight is 239 g/mol. The third kappa shape index (κ3) is 3.09. The first-order chi connectivity index (χ1) is 8.35. The van der Waals surface area contributed by atoms with Crippen LogP contribution in [0.5, 0.6) is 0 Å². The van der Waals surface area contributed by atoms with E-state index in [0.717, 1.165) is 37.7 Å². The maximum absolute atomic E-state index is 5.81. The summed E-state index contributed by atoms with van der Waals surface area (Å²) >= 11 is 0. The Kier molecular flexibility index (Phi) is 4.59. The van der Waals surface area contributed by atoms with E-state index in [-0.39, 0.29) is 6.04 Å². The summed E-state index contributed by atoms with van der Waals surface area (Å²) < 4.78 is 16.3. The first-order valence-corrected chi connectivity index (χ1v) is 6.23. The topological polar surface area (TPSA) is 43.6 Å². The Bertz CT molecular complexity index is 331. The molecular weight excluding hydrogens is 218 g/mol. The van der Waals surface area contributed by atoms with E-state index in [9.17, 15) is 0 Å². The number of hydrogen-bond acceptors (Lipinski definition) is 4. The molecule has 96 valence electrons. The van der Waals surface area contributed by atoms with Gasteiger partial charge in [-0.2, -0.15) is 0 Å². The molecule has 17 heavy (non-hydrogen) atoms. The van der Waals surface area contributed by atoms with Gasteiger partial charge in [0.15, 0.2) is 0 Å². The Morgan fingerprint density at radius 1 is 1.53 bits per heavy atom. The number of ether oxygens (including phenoxy) is 2. The molecule has 1 aliphatic rings. The molecule has 1 aromatic rings. The fraction of sp³-hybridized carbons (Fsp3) is 0.692. The third-order valence-corrected chi connectivity index (χ3v) is 3.14. The summed E-state index contributed by atoms with van der Waals surface area (Å²) in [7, 11) is 1.68. The second-order valence-corrected chi connectivity index (χ2v) is 4.40. The Morgan fingerprint density at radius 2 is 2.41 bits per heavy atom. The highest BCUT2D eigenvalue weighted by Crippen LogP contribution is 2.30. The smallest absolute Gasteiger partial charge is 0.129 e. The van der Waals surface area contributed by atoms with E-state index >= 15 is 0 Å². The van der Waals surface area contributed by atoms with E-state index in [1.807, 2.05) is 12.1 Å². The van der Waals surface area contributed by atoms with Crippen LogP contribution in [0.15, 0.2) is 16.5 Å². The predicted molar refractivity (Wildman–Crippen MR) is 64.8 cm³/mol. The third-order valence-electron chi connectivity index (χ3n) is 3.14. The quantitative estimate of drug-likeness (QED) is 0.825. The van der Waals surface area contributed by atoms with Crippen molar-refractivity contribution >= 4 is 0 Å². The van der Waals surface area contributed by atoms with Gasteiger partial charge in [0.2, 0.25) is 0 Å². The summed E-state index contributed by atoms with van der Waals surface area (Å²) in [5, 5.41) is 3.48. The SMILES string of the molecule is CCNC(c1ccc(COC)o1)C1CCOC1. The summed E-state index contributed by atoms with van der Waals surface area (Å²) in [5.41, 5.74) is 0. The van der Waals surface area contributed by atoms with Crippen molar-refractivity contribution in [2.75, 3.05) is 26.9 Å². The lowest BCUT2D eigenvalue weighted by Gasteiger charge is -2.21. The van der Waals surface area contributed by atoms with Gasteiger partial charge in [0.1, 0.15) is 18.1 Å². The summed E-state index contributed by atoms with van der Waals surface area (Å²) in [5.74, 6) is 2.38. The van der Waals surface area contributed by atoms with Crippen molar-refractivity contribution in [1.29, 1.82) is 0 Å². The van der Waals surface area contributed by atoms with Gasteiger partial charge in [0.05, 0.1) is 12.6 Å². The van der Waals surface area contributed by atoms with Crippen LogP contribution in [0.25, 0.3) is 0 Å². The van der Waals surface area contributed by atoms with Crippen molar-refractivity contribution in [3.63, 3.8) is 0 Å². The minimum Gasteiger partial charge on any atom is -0.462 e. The molecule has 0 aromatic carbocycles. The van der Waals surface area contributed by atoms with E-state index in [0.29, 0.717) is 12.5 Å². The van der Waals surface area contributed by atoms with Crippen LogP contribution in [0.1, 0.15) is 30.9 Å². The number of furan rings is 1. The Morgan fingerprint density at radius 3 is 3.06 bits per heavy atom. The van der Waals surface area contributed by atoms with Crippen LogP contribution >= 0.6 is 0 Å². The molecule has 4 heteroatoms. The second-order valence-electron chi connectivity index (χ2n) is 4.40. The van der Waals surface area contributed by atoms with Gasteiger partial charge in [-0.1, -0.05) is 6.92 Å². The second kappa shape index (κ2) is 6.19. The molecule has 0 spiro atoms. The maximum Gasteiger partial charge on any atom is 0.129 e. The van der Waals surface area contributed by atoms with Crippen LogP contribution in [-0.4, -0.2) is 26.9 Å². The zero-order chi connectivity index (χ0) is 12.1. The van der Waals surface area contributed by atoms with Crippen molar-refractivity contribution in [1.82, 2.24) is 5.32 Å². The molecule has 2 atom stereocenters. The molecule has 0 saturated carbocycles. The van der Waals surface area contributed by atoms with Crippen LogP contribution < -0.4 is 5.32 Å². The van der Waals surface area contributed by atoms with Crippen LogP contribution in [0.4, 0.5) is 0 Å². The minimum atomic E-state index is 0.258. The van der Waals surface area contributed by atoms with E-state index in [1.165, 1.54) is 0 Å². The fourth-order valence-corrected chi connectivity index (χ4v) is 2.32. The standard InChI is InChI=1S/C13H21NO3/c1-3-14-13(10-6-7-16-8-10)12-5-4-11(17-12)9-15-2/h4-5,10,13-14H,3,6-9H2,1-2H3. The van der Waals surface area contributed by atoms with E-state index < -0.39 is 0 Å². The van der Waals surface area contributed by atoms with Crippen LogP contribution in [0, 0.1) is 5.92 Å².